The number of hydrogen-bond donors (Lipinski definition) is 1. The number of thioether (sulfide) groups is 1. The average molecular weight is 395 g/mol. The molecule has 1 atom stereocenters. The van der Waals surface area contributed by atoms with Gasteiger partial charge in [-0.1, -0.05) is 60.3 Å². The fourth-order valence-corrected chi connectivity index (χ4v) is 3.94. The van der Waals surface area contributed by atoms with Crippen LogP contribution in [0, 0.1) is 0 Å². The van der Waals surface area contributed by atoms with Crippen LogP contribution < -0.4 is 5.32 Å². The maximum atomic E-state index is 12.3. The van der Waals surface area contributed by atoms with Gasteiger partial charge >= 0.3 is 0 Å². The largest absolute Gasteiger partial charge is 0.376 e. The number of carbonyl (C=O) groups excluding carboxylic acids is 1. The van der Waals surface area contributed by atoms with Crippen molar-refractivity contribution in [1.82, 2.24) is 20.1 Å². The molecule has 0 radical (unpaired) electrons. The number of benzene rings is 2. The Labute approximate surface area is 168 Å². The first-order chi connectivity index (χ1) is 13.8. The van der Waals surface area contributed by atoms with Crippen molar-refractivity contribution in [3.05, 3.63) is 60.7 Å². The van der Waals surface area contributed by atoms with Crippen LogP contribution in [0.4, 0.5) is 0 Å². The summed E-state index contributed by atoms with van der Waals surface area (Å²) in [5.41, 5.74) is 1.95. The van der Waals surface area contributed by atoms with Gasteiger partial charge in [0.05, 0.1) is 11.9 Å². The Morgan fingerprint density at radius 3 is 2.57 bits per heavy atom. The summed E-state index contributed by atoms with van der Waals surface area (Å²) in [5, 5.41) is 12.4. The van der Waals surface area contributed by atoms with E-state index in [0.29, 0.717) is 11.7 Å². The second-order valence-electron chi connectivity index (χ2n) is 6.57. The molecular weight excluding hydrogens is 372 g/mol. The molecule has 1 aromatic heterocycles. The minimum absolute atomic E-state index is 0.0237. The number of para-hydroxylation sites is 1. The molecule has 28 heavy (non-hydrogen) atoms. The zero-order chi connectivity index (χ0) is 19.2. The van der Waals surface area contributed by atoms with Crippen LogP contribution in [0.15, 0.2) is 65.8 Å². The molecule has 2 aromatic carbocycles. The Bertz CT molecular complexity index is 909. The zero-order valence-electron chi connectivity index (χ0n) is 15.5. The van der Waals surface area contributed by atoms with E-state index in [2.05, 4.69) is 15.5 Å². The van der Waals surface area contributed by atoms with Crippen LogP contribution in [0.2, 0.25) is 0 Å². The topological polar surface area (TPSA) is 69.0 Å². The van der Waals surface area contributed by atoms with E-state index < -0.39 is 0 Å². The smallest absolute Gasteiger partial charge is 0.230 e. The second-order valence-corrected chi connectivity index (χ2v) is 7.51. The number of aromatic nitrogens is 3. The highest BCUT2D eigenvalue weighted by Crippen LogP contribution is 2.27. The molecule has 1 aliphatic heterocycles. The Hall–Kier alpha value is -2.64. The third-order valence-electron chi connectivity index (χ3n) is 4.56. The number of hydrogen-bond acceptors (Lipinski definition) is 5. The number of rotatable bonds is 7. The van der Waals surface area contributed by atoms with Crippen molar-refractivity contribution in [3.63, 3.8) is 0 Å². The number of nitrogens with zero attached hydrogens (tertiary/aromatic N) is 3. The summed E-state index contributed by atoms with van der Waals surface area (Å²) in [5.74, 6) is 1.02. The molecule has 1 unspecified atom stereocenters. The normalized spacial score (nSPS) is 16.2. The van der Waals surface area contributed by atoms with Crippen molar-refractivity contribution in [2.75, 3.05) is 18.9 Å². The first-order valence-electron chi connectivity index (χ1n) is 9.38. The van der Waals surface area contributed by atoms with Gasteiger partial charge < -0.3 is 10.1 Å². The molecule has 1 N–H and O–H groups in total. The van der Waals surface area contributed by atoms with Crippen LogP contribution in [0.1, 0.15) is 12.8 Å². The van der Waals surface area contributed by atoms with Gasteiger partial charge in [-0.25, -0.2) is 0 Å². The monoisotopic (exact) mass is 394 g/mol. The number of ether oxygens (including phenoxy) is 1. The van der Waals surface area contributed by atoms with Gasteiger partial charge in [0.25, 0.3) is 0 Å². The van der Waals surface area contributed by atoms with Gasteiger partial charge in [0, 0.05) is 24.4 Å². The van der Waals surface area contributed by atoms with Crippen molar-refractivity contribution >= 4 is 17.7 Å². The van der Waals surface area contributed by atoms with E-state index in [0.717, 1.165) is 36.5 Å². The lowest BCUT2D eigenvalue weighted by atomic mass is 10.2. The van der Waals surface area contributed by atoms with Crippen LogP contribution >= 0.6 is 11.8 Å². The van der Waals surface area contributed by atoms with Crippen molar-refractivity contribution in [3.8, 4) is 17.1 Å². The van der Waals surface area contributed by atoms with Crippen molar-refractivity contribution in [2.24, 2.45) is 0 Å². The summed E-state index contributed by atoms with van der Waals surface area (Å²) in [4.78, 5) is 12.3. The number of nitrogens with one attached hydrogen (secondary N) is 1. The van der Waals surface area contributed by atoms with Crippen LogP contribution in [-0.2, 0) is 9.53 Å². The maximum Gasteiger partial charge on any atom is 0.230 e. The summed E-state index contributed by atoms with van der Waals surface area (Å²) >= 11 is 1.38. The highest BCUT2D eigenvalue weighted by atomic mass is 32.2. The average Bonchev–Trinajstić information content (AvgIpc) is 3.42. The molecule has 6 nitrogen and oxygen atoms in total. The number of carbonyl (C=O) groups is 1. The van der Waals surface area contributed by atoms with Crippen molar-refractivity contribution in [2.45, 2.75) is 24.1 Å². The van der Waals surface area contributed by atoms with Crippen LogP contribution in [-0.4, -0.2) is 45.7 Å². The van der Waals surface area contributed by atoms with Gasteiger partial charge in [0.2, 0.25) is 5.91 Å². The Morgan fingerprint density at radius 2 is 1.86 bits per heavy atom. The summed E-state index contributed by atoms with van der Waals surface area (Å²) in [6.45, 7) is 1.36. The minimum Gasteiger partial charge on any atom is -0.376 e. The van der Waals surface area contributed by atoms with E-state index in [9.17, 15) is 4.79 Å². The first kappa shape index (κ1) is 18.7. The lowest BCUT2D eigenvalue weighted by Crippen LogP contribution is -2.32. The lowest BCUT2D eigenvalue weighted by molar-refractivity contribution is -0.119. The maximum absolute atomic E-state index is 12.3. The molecule has 3 aromatic rings. The molecule has 0 bridgehead atoms. The molecule has 2 heterocycles. The SMILES string of the molecule is O=C(CSc1nnc(-c2ccccc2)n1-c1ccccc1)NCC1CCCO1. The van der Waals surface area contributed by atoms with E-state index in [1.807, 2.05) is 65.2 Å². The highest BCUT2D eigenvalue weighted by molar-refractivity contribution is 7.99. The van der Waals surface area contributed by atoms with Gasteiger partial charge in [-0.2, -0.15) is 0 Å². The van der Waals surface area contributed by atoms with Crippen LogP contribution in [0.5, 0.6) is 0 Å². The quantitative estimate of drug-likeness (QED) is 0.623. The first-order valence-corrected chi connectivity index (χ1v) is 10.4. The lowest BCUT2D eigenvalue weighted by Gasteiger charge is -2.12. The molecule has 1 fully saturated rings. The van der Waals surface area contributed by atoms with E-state index >= 15 is 0 Å². The molecule has 1 aliphatic rings. The fraction of sp³-hybridized carbons (Fsp3) is 0.286. The van der Waals surface area contributed by atoms with Crippen LogP contribution in [0.25, 0.3) is 17.1 Å². The predicted molar refractivity (Wildman–Crippen MR) is 110 cm³/mol. The zero-order valence-corrected chi connectivity index (χ0v) is 16.3. The molecule has 7 heteroatoms. The number of amides is 1. The molecule has 4 rings (SSSR count). The third kappa shape index (κ3) is 4.43. The van der Waals surface area contributed by atoms with E-state index in [1.165, 1.54) is 11.8 Å². The Balaban J connectivity index is 1.50. The molecular formula is C21H22N4O2S. The second kappa shape index (κ2) is 9.03. The minimum atomic E-state index is -0.0237. The molecule has 144 valence electrons. The van der Waals surface area contributed by atoms with Gasteiger partial charge in [-0.3, -0.25) is 9.36 Å². The van der Waals surface area contributed by atoms with Crippen molar-refractivity contribution < 1.29 is 9.53 Å². The van der Waals surface area contributed by atoms with Gasteiger partial charge in [0.1, 0.15) is 0 Å². The van der Waals surface area contributed by atoms with Gasteiger partial charge in [0.15, 0.2) is 11.0 Å². The van der Waals surface area contributed by atoms with E-state index in [-0.39, 0.29) is 17.8 Å². The van der Waals surface area contributed by atoms with Crippen molar-refractivity contribution in [1.29, 1.82) is 0 Å². The molecule has 1 amide bonds. The highest BCUT2D eigenvalue weighted by Gasteiger charge is 2.19. The van der Waals surface area contributed by atoms with E-state index in [4.69, 9.17) is 4.74 Å². The predicted octanol–water partition coefficient (Wildman–Crippen LogP) is 3.32. The van der Waals surface area contributed by atoms with Crippen LogP contribution in [0.3, 0.4) is 0 Å². The molecule has 0 aliphatic carbocycles. The molecule has 1 saturated heterocycles. The van der Waals surface area contributed by atoms with Gasteiger partial charge in [-0.15, -0.1) is 10.2 Å². The Morgan fingerprint density at radius 1 is 1.11 bits per heavy atom. The fourth-order valence-electron chi connectivity index (χ4n) is 3.16. The molecule has 0 saturated carbocycles. The summed E-state index contributed by atoms with van der Waals surface area (Å²) in [6, 6.07) is 19.9. The van der Waals surface area contributed by atoms with E-state index in [1.54, 1.807) is 0 Å². The molecule has 0 spiro atoms. The standard InChI is InChI=1S/C21H22N4O2S/c26-19(22-14-18-12-7-13-27-18)15-28-21-24-23-20(16-8-3-1-4-9-16)25(21)17-10-5-2-6-11-17/h1-6,8-11,18H,7,12-15H2,(H,22,26). The summed E-state index contributed by atoms with van der Waals surface area (Å²) in [6.07, 6.45) is 2.22. The third-order valence-corrected chi connectivity index (χ3v) is 5.49. The Kier molecular flexibility index (Phi) is 6.04. The van der Waals surface area contributed by atoms with Gasteiger partial charge in [-0.05, 0) is 25.0 Å². The summed E-state index contributed by atoms with van der Waals surface area (Å²) < 4.78 is 7.54. The summed E-state index contributed by atoms with van der Waals surface area (Å²) in [7, 11) is 0.